The van der Waals surface area contributed by atoms with Crippen molar-refractivity contribution >= 4 is 62.1 Å². The van der Waals surface area contributed by atoms with Gasteiger partial charge in [-0.05, 0) is 195 Å². The Balaban J connectivity index is 0. The topological polar surface area (TPSA) is 0 Å². The van der Waals surface area contributed by atoms with E-state index in [4.69, 9.17) is 34.8 Å². The lowest BCUT2D eigenvalue weighted by molar-refractivity contribution is 0.611. The Bertz CT molecular complexity index is 2080. The van der Waals surface area contributed by atoms with E-state index >= 15 is 0 Å². The van der Waals surface area contributed by atoms with E-state index in [0.717, 1.165) is 81.4 Å². The first-order chi connectivity index (χ1) is 32.7. The average Bonchev–Trinajstić information content (AvgIpc) is 3.76. The summed E-state index contributed by atoms with van der Waals surface area (Å²) in [7, 11) is 0. The van der Waals surface area contributed by atoms with Gasteiger partial charge in [0.1, 0.15) is 11.6 Å². The fraction of sp³-hybridized carbons (Fsp3) is 0.492. The van der Waals surface area contributed by atoms with E-state index in [1.165, 1.54) is 52.6 Å². The lowest BCUT2D eigenvalue weighted by Gasteiger charge is -2.06. The van der Waals surface area contributed by atoms with Crippen LogP contribution in [0.15, 0.2) is 119 Å². The maximum absolute atomic E-state index is 12.8. The molecule has 0 spiro atoms. The maximum atomic E-state index is 12.8. The van der Waals surface area contributed by atoms with Crippen LogP contribution in [0, 0.1) is 64.9 Å². The molecule has 0 saturated heterocycles. The summed E-state index contributed by atoms with van der Waals surface area (Å²) in [6, 6.07) is 29.7. The van der Waals surface area contributed by atoms with E-state index in [-0.39, 0.29) is 11.6 Å². The second kappa shape index (κ2) is 41.6. The van der Waals surface area contributed by atoms with E-state index in [1.807, 2.05) is 48.6 Å². The second-order valence-corrected chi connectivity index (χ2v) is 23.9. The molecule has 0 saturated carbocycles. The summed E-state index contributed by atoms with van der Waals surface area (Å²) in [5.74, 6) is 10.3. The molecule has 0 nitrogen and oxygen atoms in total. The van der Waals surface area contributed by atoms with E-state index in [2.05, 4.69) is 180 Å². The van der Waals surface area contributed by atoms with Gasteiger partial charge in [-0.3, -0.25) is 0 Å². The molecule has 0 N–H and O–H groups in total. The summed E-state index contributed by atoms with van der Waals surface area (Å²) in [6.45, 7) is 36.7. The predicted molar refractivity (Wildman–Crippen MR) is 317 cm³/mol. The molecule has 0 bridgehead atoms. The Morgan fingerprint density at radius 1 is 0.543 bits per heavy atom. The second-order valence-electron chi connectivity index (χ2n) is 20.7. The molecule has 390 valence electrons. The number of allylic oxidation sites excluding steroid dienone is 2. The van der Waals surface area contributed by atoms with Crippen LogP contribution in [0.4, 0.5) is 8.78 Å². The highest BCUT2D eigenvalue weighted by molar-refractivity contribution is 9.10. The van der Waals surface area contributed by atoms with E-state index < -0.39 is 0 Å². The number of rotatable bonds is 13. The summed E-state index contributed by atoms with van der Waals surface area (Å²) < 4.78 is 26.5. The quantitative estimate of drug-likeness (QED) is 0.0814. The van der Waals surface area contributed by atoms with Gasteiger partial charge in [0, 0.05) is 30.8 Å². The number of thiophene rings is 1. The Labute approximate surface area is 456 Å². The van der Waals surface area contributed by atoms with Gasteiger partial charge < -0.3 is 0 Å². The molecule has 0 unspecified atom stereocenters. The van der Waals surface area contributed by atoms with Gasteiger partial charge in [0.2, 0.25) is 0 Å². The summed E-state index contributed by atoms with van der Waals surface area (Å²) >= 11 is 22.7. The number of halogens is 6. The van der Waals surface area contributed by atoms with Crippen molar-refractivity contribution in [3.8, 4) is 11.8 Å². The average molecular weight is 1100 g/mol. The minimum Gasteiger partial charge on any atom is -0.207 e. The van der Waals surface area contributed by atoms with E-state index in [0.29, 0.717) is 22.8 Å². The highest BCUT2D eigenvalue weighted by atomic mass is 79.9. The first-order valence-electron chi connectivity index (χ1n) is 25.2. The molecule has 0 fully saturated rings. The van der Waals surface area contributed by atoms with Gasteiger partial charge in [0.05, 0.1) is 0 Å². The molecule has 0 amide bonds. The van der Waals surface area contributed by atoms with Gasteiger partial charge in [-0.25, -0.2) is 8.78 Å². The summed E-state index contributed by atoms with van der Waals surface area (Å²) in [6.07, 6.45) is 9.77. The van der Waals surface area contributed by atoms with Crippen LogP contribution < -0.4 is 0 Å². The zero-order chi connectivity index (χ0) is 53.8. The molecule has 0 aliphatic rings. The van der Waals surface area contributed by atoms with Crippen LogP contribution in [-0.2, 0) is 32.1 Å². The van der Waals surface area contributed by atoms with Crippen molar-refractivity contribution in [3.05, 3.63) is 172 Å². The third kappa shape index (κ3) is 42.7. The predicted octanol–water partition coefficient (Wildman–Crippen LogP) is 22.5. The maximum Gasteiger partial charge on any atom is 0.123 e. The minimum atomic E-state index is -0.213. The fourth-order valence-corrected chi connectivity index (χ4v) is 7.98. The molecule has 0 aliphatic heterocycles. The van der Waals surface area contributed by atoms with Crippen molar-refractivity contribution in [2.45, 2.75) is 163 Å². The van der Waals surface area contributed by atoms with Crippen molar-refractivity contribution in [2.75, 3.05) is 0 Å². The highest BCUT2D eigenvalue weighted by Gasteiger charge is 2.05. The smallest absolute Gasteiger partial charge is 0.123 e. The van der Waals surface area contributed by atoms with E-state index in [9.17, 15) is 8.78 Å². The molecule has 0 atom stereocenters. The van der Waals surface area contributed by atoms with Crippen LogP contribution >= 0.6 is 62.1 Å². The van der Waals surface area contributed by atoms with Crippen LogP contribution in [-0.4, -0.2) is 0 Å². The van der Waals surface area contributed by atoms with Crippen molar-refractivity contribution in [2.24, 2.45) is 41.4 Å². The Hall–Kier alpha value is -2.91. The molecule has 1 aromatic heterocycles. The van der Waals surface area contributed by atoms with Gasteiger partial charge in [0.25, 0.3) is 0 Å². The normalized spacial score (nSPS) is 10.3. The van der Waals surface area contributed by atoms with Crippen molar-refractivity contribution in [1.29, 1.82) is 0 Å². The van der Waals surface area contributed by atoms with Gasteiger partial charge >= 0.3 is 0 Å². The number of hydrogen-bond acceptors (Lipinski definition) is 1. The van der Waals surface area contributed by atoms with Gasteiger partial charge in [-0.1, -0.05) is 190 Å². The van der Waals surface area contributed by atoms with Crippen LogP contribution in [0.25, 0.3) is 0 Å². The first-order valence-corrected chi connectivity index (χ1v) is 28.0. The van der Waals surface area contributed by atoms with Crippen LogP contribution in [0.3, 0.4) is 0 Å². The van der Waals surface area contributed by atoms with E-state index in [1.54, 1.807) is 18.2 Å². The van der Waals surface area contributed by atoms with Crippen molar-refractivity contribution < 1.29 is 8.78 Å². The molecular formula is C63H90BrCl3F2S. The third-order valence-corrected chi connectivity index (χ3v) is 11.8. The SMILES string of the molecule is CC#CCC(C)C.CC(C)=CCC(C)C.CC(C)Cc1cc(F)ccc1Br.CC(C)Cc1cc(F)ccc1Cl.CC(C)Cc1ccc(Cl)cc1.CC(C)Cc1cccc(Cl)c1.CC(C)Cc1cccs1. The highest BCUT2D eigenvalue weighted by Crippen LogP contribution is 2.22. The Morgan fingerprint density at radius 2 is 1.06 bits per heavy atom. The third-order valence-electron chi connectivity index (χ3n) is 9.24. The summed E-state index contributed by atoms with van der Waals surface area (Å²) in [5.41, 5.74) is 6.06. The molecule has 0 radical (unpaired) electrons. The first kappa shape index (κ1) is 69.2. The molecule has 1 heterocycles. The van der Waals surface area contributed by atoms with Gasteiger partial charge in [0.15, 0.2) is 0 Å². The fourth-order valence-electron chi connectivity index (χ4n) is 6.12. The largest absolute Gasteiger partial charge is 0.207 e. The zero-order valence-electron chi connectivity index (χ0n) is 46.1. The van der Waals surface area contributed by atoms with Gasteiger partial charge in [-0.15, -0.1) is 23.2 Å². The number of hydrogen-bond donors (Lipinski definition) is 0. The summed E-state index contributed by atoms with van der Waals surface area (Å²) in [4.78, 5) is 1.50. The van der Waals surface area contributed by atoms with Crippen molar-refractivity contribution in [1.82, 2.24) is 0 Å². The zero-order valence-corrected chi connectivity index (χ0v) is 50.7. The monoisotopic (exact) mass is 1100 g/mol. The van der Waals surface area contributed by atoms with Crippen LogP contribution in [0.2, 0.25) is 15.1 Å². The molecular weight excluding hydrogens is 1010 g/mol. The lowest BCUT2D eigenvalue weighted by Crippen LogP contribution is -1.95. The lowest BCUT2D eigenvalue weighted by atomic mass is 10.0. The summed E-state index contributed by atoms with van der Waals surface area (Å²) in [5, 5.41) is 4.45. The molecule has 0 aliphatic carbocycles. The molecule has 5 rings (SSSR count). The Morgan fingerprint density at radius 3 is 1.49 bits per heavy atom. The van der Waals surface area contributed by atoms with Crippen LogP contribution in [0.5, 0.6) is 0 Å². The standard InChI is InChI=1S/C10H12BrF.C10H12ClF.2C10H13Cl.C8H12S.C8H16.C7H12/c2*1-7(2)5-8-6-9(12)3-4-10(8)11;1-8(2)7-9-3-5-10(11)6-4-9;1-8(2)6-9-4-3-5-10(11)7-9;1-7(2)6-8-4-3-5-9-8;1-7(2)5-6-8(3)4;1-4-5-6-7(2)3/h2*3-4,6-7H,5H2,1-2H3;3-6,8H,7H2,1-2H3;3-5,7-8H,6H2,1-2H3;3-5,7H,6H2,1-2H3;5,8H,6H2,1-4H3;7H,6H2,1-3H3. The minimum absolute atomic E-state index is 0.158. The van der Waals surface area contributed by atoms with Crippen molar-refractivity contribution in [3.63, 3.8) is 0 Å². The van der Waals surface area contributed by atoms with Crippen LogP contribution in [0.1, 0.15) is 158 Å². The number of benzene rings is 4. The molecule has 7 heteroatoms. The molecule has 5 aromatic rings. The molecule has 4 aromatic carbocycles. The Kier molecular flexibility index (Phi) is 41.1. The van der Waals surface area contributed by atoms with Gasteiger partial charge in [-0.2, -0.15) is 0 Å². The molecule has 70 heavy (non-hydrogen) atoms.